The Morgan fingerprint density at radius 2 is 0.981 bits per heavy atom. The standard InChI is InChI=1S/2C19H25N4.2C2H5.2V/c1-12-21-16-14-11-13(7-5-6-10-19(2,3)4)8-9-15(14)23-18(20)17(16)22-12;1-12-21-16-14-9-8-13(7-5-6-10-19(2,3)4)11-15(14)23-18(20)17(16)22-12;2*1-2;;/h2*8-9,11H,1,5-7,10H2,2-4H3,(H2,20,23)(H,21,22);2*1H2,2H3;;/q4*-1;2*+2. The Morgan fingerprint density at radius 1 is 0.558 bits per heavy atom. The molecular weight excluding hydrogens is 718 g/mol. The number of nitrogens with one attached hydrogen (secondary N) is 2. The zero-order valence-corrected chi connectivity index (χ0v) is 35.6. The van der Waals surface area contributed by atoms with Crippen LogP contribution in [0.3, 0.4) is 0 Å². The van der Waals surface area contributed by atoms with Gasteiger partial charge in [-0.15, -0.1) is 0 Å². The predicted octanol–water partition coefficient (Wildman–Crippen LogP) is 10.9. The third kappa shape index (κ3) is 13.0. The molecular formula is C42H60N8V2. The van der Waals surface area contributed by atoms with E-state index in [-0.39, 0.29) is 37.1 Å². The number of hydrogen-bond donors (Lipinski definition) is 4. The SMILES string of the molecule is [CH2-]C.[CH2-]C.[CH2-]c1nc2c([nH]1)c(N)nc1cc(CCCCC(C)(C)C)ccc12.[CH2-]c1nc2c([nH]1)c(N)nc1ccc(CCCCC(C)(C)C)cc12.[V+2].[V+2]. The monoisotopic (exact) mass is 778 g/mol. The molecule has 0 fully saturated rings. The molecule has 4 aromatic heterocycles. The molecule has 6 aromatic rings. The van der Waals surface area contributed by atoms with Gasteiger partial charge in [-0.2, -0.15) is 13.8 Å². The number of anilines is 2. The van der Waals surface area contributed by atoms with Gasteiger partial charge in [-0.1, -0.05) is 72.6 Å². The van der Waals surface area contributed by atoms with Crippen LogP contribution in [-0.2, 0) is 50.0 Å². The summed E-state index contributed by atoms with van der Waals surface area (Å²) in [7, 11) is 0. The van der Waals surface area contributed by atoms with Gasteiger partial charge >= 0.3 is 37.1 Å². The number of imidazole rings is 2. The topological polar surface area (TPSA) is 135 Å². The fourth-order valence-corrected chi connectivity index (χ4v) is 6.00. The van der Waals surface area contributed by atoms with Crippen molar-refractivity contribution in [1.29, 1.82) is 0 Å². The molecule has 6 rings (SSSR count). The van der Waals surface area contributed by atoms with E-state index in [2.05, 4.69) is 129 Å². The zero-order valence-electron chi connectivity index (χ0n) is 32.8. The Balaban J connectivity index is 0.000000459. The second-order valence-corrected chi connectivity index (χ2v) is 15.0. The Labute approximate surface area is 336 Å². The smallest absolute Gasteiger partial charge is 0.382 e. The summed E-state index contributed by atoms with van der Waals surface area (Å²) in [6.07, 6.45) is 9.58. The maximum absolute atomic E-state index is 6.05. The number of pyridine rings is 2. The van der Waals surface area contributed by atoms with E-state index in [1.54, 1.807) is 13.8 Å². The first kappa shape index (κ1) is 46.7. The summed E-state index contributed by atoms with van der Waals surface area (Å²) in [4.78, 5) is 24.1. The van der Waals surface area contributed by atoms with Gasteiger partial charge in [0.15, 0.2) is 0 Å². The van der Waals surface area contributed by atoms with Crippen molar-refractivity contribution in [1.82, 2.24) is 29.9 Å². The van der Waals surface area contributed by atoms with Crippen molar-refractivity contribution < 1.29 is 37.1 Å². The molecule has 52 heavy (non-hydrogen) atoms. The van der Waals surface area contributed by atoms with Crippen LogP contribution in [-0.4, -0.2) is 29.9 Å². The fourth-order valence-electron chi connectivity index (χ4n) is 6.00. The second-order valence-electron chi connectivity index (χ2n) is 15.0. The Hall–Kier alpha value is -3.29. The van der Waals surface area contributed by atoms with E-state index >= 15 is 0 Å². The molecule has 4 heterocycles. The van der Waals surface area contributed by atoms with Crippen LogP contribution in [0.1, 0.15) is 117 Å². The zero-order chi connectivity index (χ0) is 37.2. The number of nitrogens with two attached hydrogens (primary N) is 2. The number of aromatic amines is 2. The summed E-state index contributed by atoms with van der Waals surface area (Å²) in [6.45, 7) is 31.5. The first-order valence-corrected chi connectivity index (χ1v) is 17.9. The molecule has 8 nitrogen and oxygen atoms in total. The van der Waals surface area contributed by atoms with Crippen molar-refractivity contribution in [2.75, 3.05) is 11.5 Å². The van der Waals surface area contributed by atoms with E-state index in [9.17, 15) is 0 Å². The number of unbranched alkanes of at least 4 members (excludes halogenated alkanes) is 2. The summed E-state index contributed by atoms with van der Waals surface area (Å²) in [6, 6.07) is 12.8. The number of rotatable bonds is 8. The quantitative estimate of drug-likeness (QED) is 0.0897. The number of fused-ring (bicyclic) bond motifs is 6. The van der Waals surface area contributed by atoms with Gasteiger partial charge < -0.3 is 49.1 Å². The van der Waals surface area contributed by atoms with Crippen LogP contribution in [0.5, 0.6) is 0 Å². The van der Waals surface area contributed by atoms with Crippen LogP contribution in [0, 0.1) is 38.5 Å². The third-order valence-electron chi connectivity index (χ3n) is 8.42. The molecule has 0 saturated carbocycles. The van der Waals surface area contributed by atoms with Gasteiger partial charge in [0.1, 0.15) is 22.7 Å². The van der Waals surface area contributed by atoms with E-state index in [1.165, 1.54) is 49.7 Å². The number of aryl methyl sites for hydroxylation is 2. The molecule has 0 aliphatic carbocycles. The molecule has 2 aromatic carbocycles. The maximum atomic E-state index is 6.05. The Bertz CT molecular complexity index is 1980. The minimum atomic E-state index is 0. The molecule has 0 saturated heterocycles. The average Bonchev–Trinajstić information content (AvgIpc) is 3.66. The molecule has 0 spiro atoms. The van der Waals surface area contributed by atoms with Crippen molar-refractivity contribution in [2.24, 2.45) is 10.8 Å². The molecule has 0 bridgehead atoms. The fraction of sp³-hybridized carbons (Fsp3) is 0.429. The van der Waals surface area contributed by atoms with Crippen LogP contribution in [0.2, 0.25) is 0 Å². The molecule has 0 atom stereocenters. The Morgan fingerprint density at radius 3 is 1.46 bits per heavy atom. The summed E-state index contributed by atoms with van der Waals surface area (Å²) in [5, 5.41) is 2.08. The third-order valence-corrected chi connectivity index (χ3v) is 8.42. The van der Waals surface area contributed by atoms with E-state index < -0.39 is 0 Å². The Kier molecular flexibility index (Phi) is 18.7. The van der Waals surface area contributed by atoms with Crippen LogP contribution in [0.25, 0.3) is 43.9 Å². The van der Waals surface area contributed by atoms with Gasteiger partial charge in [-0.3, -0.25) is 9.97 Å². The molecule has 0 amide bonds. The number of hydrogen-bond acceptors (Lipinski definition) is 6. The summed E-state index contributed by atoms with van der Waals surface area (Å²) < 4.78 is 0. The molecule has 2 radical (unpaired) electrons. The first-order valence-electron chi connectivity index (χ1n) is 17.9. The van der Waals surface area contributed by atoms with Crippen molar-refractivity contribution in [3.63, 3.8) is 0 Å². The maximum Gasteiger partial charge on any atom is 2.00 e. The molecule has 0 aliphatic rings. The minimum Gasteiger partial charge on any atom is -0.382 e. The number of benzene rings is 2. The van der Waals surface area contributed by atoms with Crippen LogP contribution in [0.4, 0.5) is 11.6 Å². The molecule has 0 aliphatic heterocycles. The van der Waals surface area contributed by atoms with Crippen molar-refractivity contribution in [2.45, 2.75) is 107 Å². The summed E-state index contributed by atoms with van der Waals surface area (Å²) >= 11 is 0. The number of nitrogen functional groups attached to an aromatic ring is 2. The molecule has 6 N–H and O–H groups in total. The van der Waals surface area contributed by atoms with Crippen molar-refractivity contribution in [3.05, 3.63) is 86.9 Å². The minimum absolute atomic E-state index is 0. The van der Waals surface area contributed by atoms with E-state index in [0.29, 0.717) is 34.1 Å². The van der Waals surface area contributed by atoms with Gasteiger partial charge in [0.05, 0.1) is 22.1 Å². The molecule has 0 unspecified atom stereocenters. The normalized spacial score (nSPS) is 11.1. The van der Waals surface area contributed by atoms with Crippen LogP contribution in [0.15, 0.2) is 36.4 Å². The molecule has 278 valence electrons. The van der Waals surface area contributed by atoms with E-state index in [0.717, 1.165) is 56.7 Å². The second kappa shape index (κ2) is 20.8. The van der Waals surface area contributed by atoms with Gasteiger partial charge in [0, 0.05) is 10.8 Å². The average molecular weight is 779 g/mol. The van der Waals surface area contributed by atoms with Gasteiger partial charge in [-0.05, 0) is 90.3 Å². The predicted molar refractivity (Wildman–Crippen MR) is 217 cm³/mol. The van der Waals surface area contributed by atoms with E-state index in [1.807, 2.05) is 6.07 Å². The van der Waals surface area contributed by atoms with Gasteiger partial charge in [0.25, 0.3) is 0 Å². The molecule has 10 heteroatoms. The number of aromatic nitrogens is 6. The van der Waals surface area contributed by atoms with Gasteiger partial charge in [0.2, 0.25) is 0 Å². The van der Waals surface area contributed by atoms with Gasteiger partial charge in [-0.25, -0.2) is 9.97 Å². The summed E-state index contributed by atoms with van der Waals surface area (Å²) in [5.41, 5.74) is 20.6. The first-order chi connectivity index (χ1) is 23.7. The van der Waals surface area contributed by atoms with Crippen LogP contribution < -0.4 is 11.5 Å². The van der Waals surface area contributed by atoms with E-state index in [4.69, 9.17) is 11.5 Å². The largest absolute Gasteiger partial charge is 2.00 e. The van der Waals surface area contributed by atoms with Crippen molar-refractivity contribution >= 4 is 55.5 Å². The van der Waals surface area contributed by atoms with Crippen molar-refractivity contribution in [3.8, 4) is 0 Å². The summed E-state index contributed by atoms with van der Waals surface area (Å²) in [5.74, 6) is 2.21. The van der Waals surface area contributed by atoms with Crippen LogP contribution >= 0.6 is 0 Å². The number of nitrogens with zero attached hydrogens (tertiary/aromatic N) is 4. The number of H-pyrrole nitrogens is 2.